The average molecular weight is 393 g/mol. The maximum atomic E-state index is 11.9. The first-order valence-corrected chi connectivity index (χ1v) is 6.78. The summed E-state index contributed by atoms with van der Waals surface area (Å²) < 4.78 is 0. The van der Waals surface area contributed by atoms with E-state index in [-0.39, 0.29) is 0 Å². The quantitative estimate of drug-likeness (QED) is 0.192. The molecule has 0 amide bonds. The Hall–Kier alpha value is -3.30. The lowest BCUT2D eigenvalue weighted by Crippen LogP contribution is -2.92. The van der Waals surface area contributed by atoms with E-state index in [1.54, 1.807) is 0 Å². The zero-order valence-electron chi connectivity index (χ0n) is 13.1. The van der Waals surface area contributed by atoms with Crippen LogP contribution in [-0.2, 0) is 28.8 Å². The Morgan fingerprint density at radius 2 is 1.04 bits per heavy atom. The van der Waals surface area contributed by atoms with E-state index in [0.29, 0.717) is 0 Å². The molecule has 1 aliphatic rings. The van der Waals surface area contributed by atoms with Crippen LogP contribution in [-0.4, -0.2) is 83.6 Å². The fourth-order valence-electron chi connectivity index (χ4n) is 3.73. The van der Waals surface area contributed by atoms with Gasteiger partial charge in [-0.3, -0.25) is 28.8 Å². The molecular formula is C12H15N3O12. The summed E-state index contributed by atoms with van der Waals surface area (Å²) in [5, 5.41) is 56.8. The first-order chi connectivity index (χ1) is 12.0. The van der Waals surface area contributed by atoms with Crippen LogP contribution in [0.1, 0.15) is 6.42 Å². The summed E-state index contributed by atoms with van der Waals surface area (Å²) in [6.45, 7) is 0. The Bertz CT molecular complexity index is 750. The smallest absolute Gasteiger partial charge is 0.327 e. The van der Waals surface area contributed by atoms with Crippen molar-refractivity contribution in [1.29, 1.82) is 0 Å². The largest absolute Gasteiger partial charge is 0.480 e. The zero-order chi connectivity index (χ0) is 21.7. The number of nitrogens with two attached hydrogens (primary N) is 3. The molecule has 3 unspecified atom stereocenters. The molecule has 0 aromatic heterocycles. The molecule has 0 radical (unpaired) electrons. The molecule has 15 nitrogen and oxygen atoms in total. The summed E-state index contributed by atoms with van der Waals surface area (Å²) in [7, 11) is 0. The van der Waals surface area contributed by atoms with E-state index in [9.17, 15) is 59.4 Å². The van der Waals surface area contributed by atoms with Gasteiger partial charge in [-0.25, -0.2) is 0 Å². The van der Waals surface area contributed by atoms with E-state index >= 15 is 0 Å². The first kappa shape index (κ1) is 21.7. The highest BCUT2D eigenvalue weighted by atomic mass is 16.4. The minimum atomic E-state index is -4.34. The van der Waals surface area contributed by atoms with E-state index in [4.69, 9.17) is 17.2 Å². The highest BCUT2D eigenvalue weighted by Gasteiger charge is 2.89. The number of hydrogen-bond donors (Lipinski definition) is 9. The van der Waals surface area contributed by atoms with E-state index in [1.807, 2.05) is 0 Å². The highest BCUT2D eigenvalue weighted by Crippen LogP contribution is 2.57. The maximum Gasteiger partial charge on any atom is 0.327 e. The van der Waals surface area contributed by atoms with Crippen LogP contribution >= 0.6 is 0 Å². The number of carboxylic acids is 6. The lowest BCUT2D eigenvalue weighted by Gasteiger charge is -2.58. The van der Waals surface area contributed by atoms with Crippen molar-refractivity contribution in [2.24, 2.45) is 28.0 Å². The van der Waals surface area contributed by atoms with Crippen molar-refractivity contribution in [2.45, 2.75) is 23.5 Å². The van der Waals surface area contributed by atoms with E-state index in [1.165, 1.54) is 0 Å². The second kappa shape index (κ2) is 5.86. The predicted molar refractivity (Wildman–Crippen MR) is 77.1 cm³/mol. The third-order valence-electron chi connectivity index (χ3n) is 5.02. The molecule has 12 N–H and O–H groups in total. The van der Waals surface area contributed by atoms with Crippen LogP contribution in [0.25, 0.3) is 0 Å². The number of carboxylic acid groups (broad SMARTS) is 6. The molecular weight excluding hydrogens is 378 g/mol. The average Bonchev–Trinajstić information content (AvgIpc) is 2.44. The third-order valence-corrected chi connectivity index (χ3v) is 5.02. The number of carbonyl (C=O) groups is 6. The molecule has 0 saturated heterocycles. The third kappa shape index (κ3) is 1.95. The number of hydrogen-bond acceptors (Lipinski definition) is 9. The van der Waals surface area contributed by atoms with Crippen LogP contribution < -0.4 is 17.2 Å². The molecule has 15 heteroatoms. The highest BCUT2D eigenvalue weighted by molar-refractivity contribution is 6.18. The van der Waals surface area contributed by atoms with E-state index in [2.05, 4.69) is 0 Å². The van der Waals surface area contributed by atoms with Crippen molar-refractivity contribution in [3.63, 3.8) is 0 Å². The fraction of sp³-hybridized carbons (Fsp3) is 0.500. The standard InChI is InChI=1S/C12H15N3O12/c13-2-1-9(14,3(16)17)11(6(22)23,7(24)25)12(15,8(26)27)10(2,4(18)19)5(20)21/h2H,1,13-15H2,(H,16,17)(H,18,19)(H,20,21)(H,22,23)(H,24,25)(H,26,27). The lowest BCUT2D eigenvalue weighted by atomic mass is 9.42. The Labute approximate surface area is 148 Å². The van der Waals surface area contributed by atoms with Crippen molar-refractivity contribution in [3.05, 3.63) is 0 Å². The van der Waals surface area contributed by atoms with Gasteiger partial charge in [0.15, 0.2) is 5.54 Å². The summed E-state index contributed by atoms with van der Waals surface area (Å²) in [5.74, 6) is -15.9. The van der Waals surface area contributed by atoms with Gasteiger partial charge in [0.05, 0.1) is 0 Å². The summed E-state index contributed by atoms with van der Waals surface area (Å²) in [6, 6.07) is -2.50. The van der Waals surface area contributed by atoms with Crippen LogP contribution in [0, 0.1) is 10.8 Å². The number of aliphatic carboxylic acids is 6. The Morgan fingerprint density at radius 3 is 1.26 bits per heavy atom. The molecule has 0 aromatic carbocycles. The monoisotopic (exact) mass is 393 g/mol. The zero-order valence-corrected chi connectivity index (χ0v) is 13.1. The molecule has 0 aliphatic heterocycles. The predicted octanol–water partition coefficient (Wildman–Crippen LogP) is -4.41. The molecule has 1 fully saturated rings. The van der Waals surface area contributed by atoms with Gasteiger partial charge in [-0.2, -0.15) is 0 Å². The fourth-order valence-corrected chi connectivity index (χ4v) is 3.73. The molecule has 1 aliphatic carbocycles. The van der Waals surface area contributed by atoms with Crippen molar-refractivity contribution in [3.8, 4) is 0 Å². The van der Waals surface area contributed by atoms with Crippen molar-refractivity contribution in [2.75, 3.05) is 0 Å². The van der Waals surface area contributed by atoms with E-state index in [0.717, 1.165) is 0 Å². The molecule has 0 aromatic rings. The summed E-state index contributed by atoms with van der Waals surface area (Å²) in [6.07, 6.45) is -1.55. The molecule has 150 valence electrons. The SMILES string of the molecule is NC1CC(N)(C(=O)O)C(C(=O)O)(C(=O)O)C(N)(C(=O)O)C1(C(=O)O)C(=O)O. The van der Waals surface area contributed by atoms with Gasteiger partial charge >= 0.3 is 35.8 Å². The Balaban J connectivity index is 4.43. The molecule has 27 heavy (non-hydrogen) atoms. The summed E-state index contributed by atoms with van der Waals surface area (Å²) >= 11 is 0. The van der Waals surface area contributed by atoms with Crippen molar-refractivity contribution < 1.29 is 59.4 Å². The van der Waals surface area contributed by atoms with Crippen LogP contribution in [0.4, 0.5) is 0 Å². The normalized spacial score (nSPS) is 31.4. The van der Waals surface area contributed by atoms with Gasteiger partial charge in [-0.15, -0.1) is 0 Å². The molecule has 0 bridgehead atoms. The maximum absolute atomic E-state index is 11.9. The minimum Gasteiger partial charge on any atom is -0.480 e. The summed E-state index contributed by atoms with van der Waals surface area (Å²) in [5.41, 5.74) is 0.0572. The van der Waals surface area contributed by atoms with Gasteiger partial charge in [0.2, 0.25) is 10.8 Å². The van der Waals surface area contributed by atoms with Gasteiger partial charge in [-0.1, -0.05) is 0 Å². The second-order valence-corrected chi connectivity index (χ2v) is 5.98. The van der Waals surface area contributed by atoms with Gasteiger partial charge in [0.1, 0.15) is 5.54 Å². The second-order valence-electron chi connectivity index (χ2n) is 5.98. The topological polar surface area (TPSA) is 302 Å². The van der Waals surface area contributed by atoms with Gasteiger partial charge < -0.3 is 47.8 Å². The van der Waals surface area contributed by atoms with E-state index < -0.39 is 70.2 Å². The van der Waals surface area contributed by atoms with Crippen LogP contribution in [0.3, 0.4) is 0 Å². The van der Waals surface area contributed by atoms with Gasteiger partial charge in [-0.05, 0) is 6.42 Å². The van der Waals surface area contributed by atoms with Crippen molar-refractivity contribution >= 4 is 35.8 Å². The van der Waals surface area contributed by atoms with Gasteiger partial charge in [0.25, 0.3) is 0 Å². The van der Waals surface area contributed by atoms with Crippen LogP contribution in [0.15, 0.2) is 0 Å². The molecule has 1 rings (SSSR count). The molecule has 0 spiro atoms. The molecule has 1 saturated carbocycles. The lowest BCUT2D eigenvalue weighted by molar-refractivity contribution is -0.217. The first-order valence-electron chi connectivity index (χ1n) is 6.78. The Morgan fingerprint density at radius 1 is 0.667 bits per heavy atom. The molecule has 0 heterocycles. The van der Waals surface area contributed by atoms with Crippen molar-refractivity contribution in [1.82, 2.24) is 0 Å². The van der Waals surface area contributed by atoms with Gasteiger partial charge in [0, 0.05) is 6.04 Å². The molecule has 3 atom stereocenters. The minimum absolute atomic E-state index is 1.55. The number of rotatable bonds is 6. The van der Waals surface area contributed by atoms with Crippen LogP contribution in [0.5, 0.6) is 0 Å². The van der Waals surface area contributed by atoms with Crippen LogP contribution in [0.2, 0.25) is 0 Å². The summed E-state index contributed by atoms with van der Waals surface area (Å²) in [4.78, 5) is 70.9. The Kier molecular flexibility index (Phi) is 4.72.